The third kappa shape index (κ3) is 1.51. The Morgan fingerprint density at radius 2 is 2.31 bits per heavy atom. The molecule has 0 amide bonds. The highest BCUT2D eigenvalue weighted by atomic mass is 32.2. The number of aromatic amines is 1. The number of nitrogens with one attached hydrogen (secondary N) is 1. The lowest BCUT2D eigenvalue weighted by atomic mass is 10.4. The van der Waals surface area contributed by atoms with Gasteiger partial charge in [0, 0.05) is 0 Å². The Morgan fingerprint density at radius 1 is 1.46 bits per heavy atom. The van der Waals surface area contributed by atoms with E-state index in [4.69, 9.17) is 0 Å². The van der Waals surface area contributed by atoms with Crippen molar-refractivity contribution in [2.75, 3.05) is 5.75 Å². The Balaban J connectivity index is 2.56. The predicted molar refractivity (Wildman–Crippen MR) is 52.8 cm³/mol. The standard InChI is InChI=1S/C8H10N4S/c1-3-13-8-11-5(2)6-7(12-8)10-4-9-6/h4H,3H2,1-2H3,(H,9,10,11,12). The summed E-state index contributed by atoms with van der Waals surface area (Å²) in [5.41, 5.74) is 2.64. The molecule has 0 fully saturated rings. The fourth-order valence-electron chi connectivity index (χ4n) is 1.15. The molecule has 0 aliphatic heterocycles. The molecule has 0 spiro atoms. The molecule has 0 saturated heterocycles. The van der Waals surface area contributed by atoms with Crippen molar-refractivity contribution in [3.63, 3.8) is 0 Å². The van der Waals surface area contributed by atoms with Gasteiger partial charge in [0.25, 0.3) is 0 Å². The van der Waals surface area contributed by atoms with Gasteiger partial charge in [-0.15, -0.1) is 0 Å². The number of aromatic nitrogens is 4. The van der Waals surface area contributed by atoms with Gasteiger partial charge in [-0.2, -0.15) is 0 Å². The van der Waals surface area contributed by atoms with Crippen molar-refractivity contribution < 1.29 is 0 Å². The Bertz CT molecular complexity index is 423. The molecule has 0 radical (unpaired) electrons. The second-order valence-corrected chi connectivity index (χ2v) is 3.86. The summed E-state index contributed by atoms with van der Waals surface area (Å²) in [5, 5.41) is 0.805. The Morgan fingerprint density at radius 3 is 3.08 bits per heavy atom. The van der Waals surface area contributed by atoms with Crippen LogP contribution in [-0.4, -0.2) is 25.7 Å². The lowest BCUT2D eigenvalue weighted by Gasteiger charge is -1.98. The van der Waals surface area contributed by atoms with E-state index in [2.05, 4.69) is 26.9 Å². The van der Waals surface area contributed by atoms with E-state index in [9.17, 15) is 0 Å². The van der Waals surface area contributed by atoms with Gasteiger partial charge in [0.2, 0.25) is 0 Å². The van der Waals surface area contributed by atoms with Crippen LogP contribution < -0.4 is 0 Å². The minimum Gasteiger partial charge on any atom is -0.342 e. The highest BCUT2D eigenvalue weighted by Gasteiger charge is 2.05. The van der Waals surface area contributed by atoms with Crippen LogP contribution in [0.5, 0.6) is 0 Å². The van der Waals surface area contributed by atoms with Gasteiger partial charge in [0.15, 0.2) is 10.8 Å². The van der Waals surface area contributed by atoms with Crippen molar-refractivity contribution in [3.8, 4) is 0 Å². The van der Waals surface area contributed by atoms with Crippen molar-refractivity contribution in [2.45, 2.75) is 19.0 Å². The Kier molecular flexibility index (Phi) is 2.18. The molecule has 1 N–H and O–H groups in total. The Labute approximate surface area is 80.2 Å². The summed E-state index contributed by atoms with van der Waals surface area (Å²) in [5.74, 6) is 0.982. The third-order valence-corrected chi connectivity index (χ3v) is 2.45. The van der Waals surface area contributed by atoms with Crippen LogP contribution >= 0.6 is 11.8 Å². The number of rotatable bonds is 2. The van der Waals surface area contributed by atoms with E-state index >= 15 is 0 Å². The number of imidazole rings is 1. The van der Waals surface area contributed by atoms with E-state index in [-0.39, 0.29) is 0 Å². The van der Waals surface area contributed by atoms with Gasteiger partial charge in [-0.25, -0.2) is 15.0 Å². The van der Waals surface area contributed by atoms with Crippen molar-refractivity contribution >= 4 is 22.9 Å². The van der Waals surface area contributed by atoms with Gasteiger partial charge in [-0.3, -0.25) is 0 Å². The molecule has 68 valence electrons. The van der Waals surface area contributed by atoms with Crippen LogP contribution in [0.4, 0.5) is 0 Å². The van der Waals surface area contributed by atoms with Crippen LogP contribution in [0, 0.1) is 6.92 Å². The van der Waals surface area contributed by atoms with Crippen molar-refractivity contribution in [1.82, 2.24) is 19.9 Å². The van der Waals surface area contributed by atoms with Crippen molar-refractivity contribution in [2.24, 2.45) is 0 Å². The van der Waals surface area contributed by atoms with Crippen LogP contribution in [0.3, 0.4) is 0 Å². The van der Waals surface area contributed by atoms with E-state index in [1.165, 1.54) is 0 Å². The highest BCUT2D eigenvalue weighted by molar-refractivity contribution is 7.99. The van der Waals surface area contributed by atoms with Gasteiger partial charge in [0.1, 0.15) is 5.52 Å². The summed E-state index contributed by atoms with van der Waals surface area (Å²) in [7, 11) is 0. The zero-order valence-corrected chi connectivity index (χ0v) is 8.35. The molecular formula is C8H10N4S. The van der Waals surface area contributed by atoms with Gasteiger partial charge in [0.05, 0.1) is 12.0 Å². The number of thioether (sulfide) groups is 1. The average molecular weight is 194 g/mol. The second-order valence-electron chi connectivity index (χ2n) is 2.63. The summed E-state index contributed by atoms with van der Waals surface area (Å²) in [6, 6.07) is 0. The minimum atomic E-state index is 0.753. The number of hydrogen-bond acceptors (Lipinski definition) is 4. The zero-order chi connectivity index (χ0) is 9.26. The summed E-state index contributed by atoms with van der Waals surface area (Å²) in [6.45, 7) is 4.04. The molecule has 2 rings (SSSR count). The fourth-order valence-corrected chi connectivity index (χ4v) is 1.76. The van der Waals surface area contributed by atoms with Crippen molar-refractivity contribution in [1.29, 1.82) is 0 Å². The van der Waals surface area contributed by atoms with E-state index in [0.29, 0.717) is 0 Å². The van der Waals surface area contributed by atoms with E-state index in [1.54, 1.807) is 18.1 Å². The van der Waals surface area contributed by atoms with Gasteiger partial charge >= 0.3 is 0 Å². The molecule has 0 saturated carbocycles. The molecule has 13 heavy (non-hydrogen) atoms. The molecule has 0 bridgehead atoms. The Hall–Kier alpha value is -1.10. The molecule has 0 atom stereocenters. The molecule has 0 aliphatic rings. The van der Waals surface area contributed by atoms with E-state index in [0.717, 1.165) is 27.8 Å². The maximum Gasteiger partial charge on any atom is 0.189 e. The first kappa shape index (κ1) is 8.50. The van der Waals surface area contributed by atoms with Crippen LogP contribution in [0.25, 0.3) is 11.2 Å². The quantitative estimate of drug-likeness (QED) is 0.584. The lowest BCUT2D eigenvalue weighted by Crippen LogP contribution is -1.92. The number of H-pyrrole nitrogens is 1. The average Bonchev–Trinajstić information content (AvgIpc) is 2.53. The zero-order valence-electron chi connectivity index (χ0n) is 7.53. The van der Waals surface area contributed by atoms with Gasteiger partial charge < -0.3 is 4.98 Å². The third-order valence-electron chi connectivity index (χ3n) is 1.72. The topological polar surface area (TPSA) is 54.5 Å². The largest absolute Gasteiger partial charge is 0.342 e. The highest BCUT2D eigenvalue weighted by Crippen LogP contribution is 2.17. The molecule has 2 aromatic rings. The van der Waals surface area contributed by atoms with E-state index in [1.807, 2.05) is 6.92 Å². The fraction of sp³-hybridized carbons (Fsp3) is 0.375. The first-order valence-electron chi connectivity index (χ1n) is 4.11. The first-order valence-corrected chi connectivity index (χ1v) is 5.10. The maximum atomic E-state index is 4.34. The van der Waals surface area contributed by atoms with Gasteiger partial charge in [-0.1, -0.05) is 18.7 Å². The molecular weight excluding hydrogens is 184 g/mol. The van der Waals surface area contributed by atoms with Gasteiger partial charge in [-0.05, 0) is 12.7 Å². The summed E-state index contributed by atoms with van der Waals surface area (Å²) in [6.07, 6.45) is 1.65. The summed E-state index contributed by atoms with van der Waals surface area (Å²) in [4.78, 5) is 15.8. The molecule has 2 heterocycles. The lowest BCUT2D eigenvalue weighted by molar-refractivity contribution is 0.961. The molecule has 4 nitrogen and oxygen atoms in total. The molecule has 0 aromatic carbocycles. The summed E-state index contributed by atoms with van der Waals surface area (Å²) < 4.78 is 0. The molecule has 2 aromatic heterocycles. The van der Waals surface area contributed by atoms with Crippen LogP contribution in [0.2, 0.25) is 0 Å². The van der Waals surface area contributed by atoms with Crippen LogP contribution in [0.1, 0.15) is 12.6 Å². The monoisotopic (exact) mass is 194 g/mol. The molecule has 0 unspecified atom stereocenters. The number of aryl methyl sites for hydroxylation is 1. The SMILES string of the molecule is CCSc1nc(C)c2[nH]cnc2n1. The predicted octanol–water partition coefficient (Wildman–Crippen LogP) is 1.77. The van der Waals surface area contributed by atoms with Crippen molar-refractivity contribution in [3.05, 3.63) is 12.0 Å². The normalized spacial score (nSPS) is 10.9. The molecule has 5 heteroatoms. The number of nitrogens with zero attached hydrogens (tertiary/aromatic N) is 3. The smallest absolute Gasteiger partial charge is 0.189 e. The molecule has 0 aliphatic carbocycles. The first-order chi connectivity index (χ1) is 6.31. The van der Waals surface area contributed by atoms with Crippen LogP contribution in [0.15, 0.2) is 11.5 Å². The maximum absolute atomic E-state index is 4.34. The minimum absolute atomic E-state index is 0.753. The number of fused-ring (bicyclic) bond motifs is 1. The number of hydrogen-bond donors (Lipinski definition) is 1. The second kappa shape index (κ2) is 3.33. The summed E-state index contributed by atoms with van der Waals surface area (Å²) >= 11 is 1.63. The van der Waals surface area contributed by atoms with Crippen LogP contribution in [-0.2, 0) is 0 Å². The van der Waals surface area contributed by atoms with E-state index < -0.39 is 0 Å².